The predicted molar refractivity (Wildman–Crippen MR) is 174 cm³/mol. The van der Waals surface area contributed by atoms with Crippen LogP contribution in [0.4, 0.5) is 16.3 Å². The Balaban J connectivity index is 1.03. The van der Waals surface area contributed by atoms with E-state index in [4.69, 9.17) is 0 Å². The lowest BCUT2D eigenvalue weighted by Gasteiger charge is -2.38. The first-order chi connectivity index (χ1) is 22.0. The molecule has 0 atom stereocenters. The highest BCUT2D eigenvalue weighted by Gasteiger charge is 2.33. The minimum atomic E-state index is -0.374. The van der Waals surface area contributed by atoms with E-state index >= 15 is 0 Å². The highest BCUT2D eigenvalue weighted by Crippen LogP contribution is 2.38. The van der Waals surface area contributed by atoms with E-state index in [1.54, 1.807) is 6.33 Å². The Morgan fingerprint density at radius 1 is 0.933 bits per heavy atom. The van der Waals surface area contributed by atoms with E-state index in [-0.39, 0.29) is 30.6 Å². The van der Waals surface area contributed by atoms with E-state index < -0.39 is 0 Å². The summed E-state index contributed by atoms with van der Waals surface area (Å²) in [5.41, 5.74) is 4.74. The van der Waals surface area contributed by atoms with E-state index in [0.717, 1.165) is 63.6 Å². The fourth-order valence-electron chi connectivity index (χ4n) is 7.08. The lowest BCUT2D eigenvalue weighted by molar-refractivity contribution is -0.133. The molecule has 0 radical (unpaired) electrons. The molecule has 2 saturated heterocycles. The standard InChI is InChI=1S/C35H35N7O3/c43-28-18-40(19-28)33-32-29(26-10-9-23-5-1-2-7-25(23)17-26)20-41(34(32)37-22-36-33)21-31(44)39-14-12-27(13-15-39)42-16-11-24-6-3-4-8-30(24)38-35(42)45/h1-10,17,20,22,27-28,43H,11-16,18-19,21H2,(H,38,45). The molecule has 3 aliphatic rings. The molecule has 10 heteroatoms. The number of benzene rings is 3. The first-order valence-corrected chi connectivity index (χ1v) is 15.7. The number of anilines is 2. The zero-order chi connectivity index (χ0) is 30.5. The number of carbonyl (C=O) groups excluding carboxylic acids is 2. The highest BCUT2D eigenvalue weighted by atomic mass is 16.3. The second-order valence-electron chi connectivity index (χ2n) is 12.3. The number of β-amino-alcohol motifs (C(OH)–C–C–N with tert-alkyl or cyclic N) is 1. The molecule has 228 valence electrons. The lowest BCUT2D eigenvalue weighted by atomic mass is 10.0. The molecule has 0 bridgehead atoms. The molecule has 2 N–H and O–H groups in total. The van der Waals surface area contributed by atoms with Crippen molar-refractivity contribution in [1.82, 2.24) is 24.3 Å². The molecule has 3 aliphatic heterocycles. The fourth-order valence-corrected chi connectivity index (χ4v) is 7.08. The number of fused-ring (bicyclic) bond motifs is 3. The summed E-state index contributed by atoms with van der Waals surface area (Å²) in [6.07, 6.45) is 5.49. The average Bonchev–Trinajstić information content (AvgIpc) is 3.33. The van der Waals surface area contributed by atoms with Crippen molar-refractivity contribution in [3.05, 3.63) is 84.8 Å². The summed E-state index contributed by atoms with van der Waals surface area (Å²) in [7, 11) is 0. The number of aliphatic hydroxyl groups is 1. The van der Waals surface area contributed by atoms with Crippen molar-refractivity contribution in [3.8, 4) is 11.1 Å². The zero-order valence-corrected chi connectivity index (χ0v) is 25.0. The van der Waals surface area contributed by atoms with E-state index in [1.807, 2.05) is 50.9 Å². The van der Waals surface area contributed by atoms with Gasteiger partial charge in [0.15, 0.2) is 0 Å². The number of likely N-dealkylation sites (tertiary alicyclic amines) is 1. The number of hydrogen-bond acceptors (Lipinski definition) is 6. The van der Waals surface area contributed by atoms with Gasteiger partial charge in [0.1, 0.15) is 24.3 Å². The molecule has 0 unspecified atom stereocenters. The molecule has 8 rings (SSSR count). The fraction of sp³-hybridized carbons (Fsp3) is 0.314. The van der Waals surface area contributed by atoms with Crippen molar-refractivity contribution in [2.45, 2.75) is 38.0 Å². The Bertz CT molecular complexity index is 1920. The summed E-state index contributed by atoms with van der Waals surface area (Å²) in [5, 5.41) is 16.3. The highest BCUT2D eigenvalue weighted by molar-refractivity contribution is 6.03. The topological polar surface area (TPSA) is 107 Å². The molecule has 0 spiro atoms. The number of urea groups is 1. The maximum Gasteiger partial charge on any atom is 0.322 e. The third-order valence-corrected chi connectivity index (χ3v) is 9.56. The molecule has 45 heavy (non-hydrogen) atoms. The molecule has 3 amide bonds. The summed E-state index contributed by atoms with van der Waals surface area (Å²) in [6, 6.07) is 22.7. The maximum absolute atomic E-state index is 13.7. The van der Waals surface area contributed by atoms with E-state index in [9.17, 15) is 14.7 Å². The van der Waals surface area contributed by atoms with Crippen LogP contribution in [0.15, 0.2) is 79.3 Å². The van der Waals surface area contributed by atoms with Crippen LogP contribution in [-0.2, 0) is 17.8 Å². The Hall–Kier alpha value is -4.96. The van der Waals surface area contributed by atoms with Gasteiger partial charge in [-0.05, 0) is 53.3 Å². The van der Waals surface area contributed by atoms with Gasteiger partial charge in [0.25, 0.3) is 0 Å². The molecule has 0 saturated carbocycles. The van der Waals surface area contributed by atoms with Crippen molar-refractivity contribution in [2.24, 2.45) is 0 Å². The number of hydrogen-bond donors (Lipinski definition) is 2. The molecule has 5 aromatic rings. The molecule has 3 aromatic carbocycles. The smallest absolute Gasteiger partial charge is 0.322 e. The van der Waals surface area contributed by atoms with E-state index in [1.165, 1.54) is 0 Å². The average molecular weight is 602 g/mol. The second-order valence-corrected chi connectivity index (χ2v) is 12.3. The number of aliphatic hydroxyl groups excluding tert-OH is 1. The Morgan fingerprint density at radius 3 is 2.53 bits per heavy atom. The number of nitrogens with zero attached hydrogens (tertiary/aromatic N) is 6. The van der Waals surface area contributed by atoms with Gasteiger partial charge in [0.05, 0.1) is 11.5 Å². The summed E-state index contributed by atoms with van der Waals surface area (Å²) in [6.45, 7) is 3.07. The van der Waals surface area contributed by atoms with Crippen LogP contribution in [0, 0.1) is 0 Å². The zero-order valence-electron chi connectivity index (χ0n) is 25.0. The van der Waals surface area contributed by atoms with Crippen molar-refractivity contribution in [2.75, 3.05) is 42.9 Å². The third kappa shape index (κ3) is 5.04. The molecular formula is C35H35N7O3. The molecule has 2 aromatic heterocycles. The van der Waals surface area contributed by atoms with E-state index in [0.29, 0.717) is 38.4 Å². The van der Waals surface area contributed by atoms with Crippen molar-refractivity contribution in [3.63, 3.8) is 0 Å². The monoisotopic (exact) mass is 601 g/mol. The molecular weight excluding hydrogens is 566 g/mol. The third-order valence-electron chi connectivity index (χ3n) is 9.56. The van der Waals surface area contributed by atoms with Crippen LogP contribution in [-0.4, -0.2) is 86.2 Å². The quantitative estimate of drug-likeness (QED) is 0.307. The van der Waals surface area contributed by atoms with Gasteiger partial charge in [-0.3, -0.25) is 4.79 Å². The number of para-hydroxylation sites is 1. The Kier molecular flexibility index (Phi) is 6.86. The summed E-state index contributed by atoms with van der Waals surface area (Å²) in [4.78, 5) is 42.0. The Morgan fingerprint density at radius 2 is 1.71 bits per heavy atom. The lowest BCUT2D eigenvalue weighted by Crippen LogP contribution is -2.51. The van der Waals surface area contributed by atoms with Gasteiger partial charge in [0.2, 0.25) is 5.91 Å². The molecule has 2 fully saturated rings. The van der Waals surface area contributed by atoms with Crippen LogP contribution >= 0.6 is 0 Å². The SMILES string of the molecule is O=C(Cn1cc(-c2ccc3ccccc3c2)c2c(N3CC(O)C3)ncnc21)N1CCC(N2CCc3ccccc3NC2=O)CC1. The number of aromatic nitrogens is 3. The second kappa shape index (κ2) is 11.2. The minimum absolute atomic E-state index is 0.0302. The van der Waals surface area contributed by atoms with Crippen LogP contribution in [0.2, 0.25) is 0 Å². The largest absolute Gasteiger partial charge is 0.389 e. The number of nitrogens with one attached hydrogen (secondary N) is 1. The van der Waals surface area contributed by atoms with Gasteiger partial charge in [-0.1, -0.05) is 54.6 Å². The van der Waals surface area contributed by atoms with Crippen LogP contribution in [0.5, 0.6) is 0 Å². The number of piperidine rings is 1. The summed E-state index contributed by atoms with van der Waals surface area (Å²) >= 11 is 0. The van der Waals surface area contributed by atoms with Crippen LogP contribution in [0.25, 0.3) is 32.9 Å². The summed E-state index contributed by atoms with van der Waals surface area (Å²) < 4.78 is 1.94. The van der Waals surface area contributed by atoms with Gasteiger partial charge in [-0.15, -0.1) is 0 Å². The molecule has 10 nitrogen and oxygen atoms in total. The van der Waals surface area contributed by atoms with E-state index in [2.05, 4.69) is 56.6 Å². The first-order valence-electron chi connectivity index (χ1n) is 15.7. The minimum Gasteiger partial charge on any atom is -0.389 e. The van der Waals surface area contributed by atoms with Gasteiger partial charge < -0.3 is 29.7 Å². The Labute approximate surface area is 260 Å². The number of carbonyl (C=O) groups is 2. The maximum atomic E-state index is 13.7. The normalized spacial score (nSPS) is 17.7. The number of rotatable bonds is 5. The van der Waals surface area contributed by atoms with Gasteiger partial charge in [0, 0.05) is 56.2 Å². The van der Waals surface area contributed by atoms with Crippen LogP contribution in [0.3, 0.4) is 0 Å². The van der Waals surface area contributed by atoms with Gasteiger partial charge >= 0.3 is 6.03 Å². The first kappa shape index (κ1) is 27.6. The number of amides is 3. The van der Waals surface area contributed by atoms with Crippen molar-refractivity contribution in [1.29, 1.82) is 0 Å². The van der Waals surface area contributed by atoms with Crippen LogP contribution < -0.4 is 10.2 Å². The van der Waals surface area contributed by atoms with Crippen molar-refractivity contribution >= 4 is 45.2 Å². The van der Waals surface area contributed by atoms with Gasteiger partial charge in [-0.25, -0.2) is 14.8 Å². The molecule has 0 aliphatic carbocycles. The van der Waals surface area contributed by atoms with Gasteiger partial charge in [-0.2, -0.15) is 0 Å². The predicted octanol–water partition coefficient (Wildman–Crippen LogP) is 4.51. The molecule has 5 heterocycles. The van der Waals surface area contributed by atoms with Crippen LogP contribution in [0.1, 0.15) is 18.4 Å². The summed E-state index contributed by atoms with van der Waals surface area (Å²) in [5.74, 6) is 0.806. The van der Waals surface area contributed by atoms with Crippen molar-refractivity contribution < 1.29 is 14.7 Å².